The molecule has 3 aromatic heterocycles. The van der Waals surface area contributed by atoms with Crippen LogP contribution in [0.2, 0.25) is 0 Å². The minimum absolute atomic E-state index is 0.204. The summed E-state index contributed by atoms with van der Waals surface area (Å²) in [5.41, 5.74) is 1.10. The molecule has 0 spiro atoms. The van der Waals surface area contributed by atoms with Crippen molar-refractivity contribution in [2.75, 3.05) is 49.5 Å². The fraction of sp³-hybridized carbons (Fsp3) is 0.429. The van der Waals surface area contributed by atoms with Gasteiger partial charge in [0.25, 0.3) is 0 Å². The van der Waals surface area contributed by atoms with Gasteiger partial charge in [-0.2, -0.15) is 0 Å². The average Bonchev–Trinajstić information content (AvgIpc) is 3.25. The maximum Gasteiger partial charge on any atom is 0.188 e. The lowest BCUT2D eigenvalue weighted by atomic mass is 10.2. The lowest BCUT2D eigenvalue weighted by Gasteiger charge is -2.35. The molecule has 0 atom stereocenters. The normalized spacial score (nSPS) is 14.2. The van der Waals surface area contributed by atoms with Gasteiger partial charge in [0.1, 0.15) is 17.5 Å². The number of β-amino-alcohol motifs (C(OH)–C–C–N with tert-alkyl or cyclic N) is 1. The van der Waals surface area contributed by atoms with E-state index in [4.69, 9.17) is 5.11 Å². The van der Waals surface area contributed by atoms with Crippen LogP contribution in [0.4, 0.5) is 16.8 Å². The van der Waals surface area contributed by atoms with E-state index in [1.807, 2.05) is 45.2 Å². The topological polar surface area (TPSA) is 90.3 Å². The van der Waals surface area contributed by atoms with Crippen LogP contribution in [-0.2, 0) is 0 Å². The largest absolute Gasteiger partial charge is 0.395 e. The van der Waals surface area contributed by atoms with Crippen molar-refractivity contribution in [1.82, 2.24) is 24.8 Å². The monoisotopic (exact) mass is 427 g/mol. The molecule has 9 heteroatoms. The van der Waals surface area contributed by atoms with Crippen LogP contribution in [0.5, 0.6) is 0 Å². The smallest absolute Gasteiger partial charge is 0.188 e. The Bertz CT molecular complexity index is 911. The third-order valence-electron chi connectivity index (χ3n) is 4.64. The Morgan fingerprint density at radius 2 is 1.83 bits per heavy atom. The summed E-state index contributed by atoms with van der Waals surface area (Å²) >= 11 is 1.58. The third-order valence-corrected chi connectivity index (χ3v) is 5.60. The SMILES string of the molecule is CC.Cc1nc(Nc2ncc(-c3ccncc3)s2)cc(N2CCN(CCO)CC2)n1. The molecule has 0 aromatic carbocycles. The molecule has 4 heterocycles. The van der Waals surface area contributed by atoms with Crippen LogP contribution in [0.1, 0.15) is 19.7 Å². The Balaban J connectivity index is 0.00000124. The summed E-state index contributed by atoms with van der Waals surface area (Å²) in [5, 5.41) is 13.2. The van der Waals surface area contributed by atoms with Crippen molar-refractivity contribution in [2.45, 2.75) is 20.8 Å². The van der Waals surface area contributed by atoms with E-state index in [2.05, 4.69) is 35.1 Å². The van der Waals surface area contributed by atoms with Crippen LogP contribution in [0.25, 0.3) is 10.4 Å². The Labute approximate surface area is 181 Å². The number of hydrogen-bond donors (Lipinski definition) is 2. The zero-order valence-corrected chi connectivity index (χ0v) is 18.6. The molecule has 30 heavy (non-hydrogen) atoms. The molecule has 0 bridgehead atoms. The van der Waals surface area contributed by atoms with E-state index in [0.717, 1.165) is 65.8 Å². The summed E-state index contributed by atoms with van der Waals surface area (Å²) in [5.74, 6) is 2.39. The molecule has 160 valence electrons. The average molecular weight is 428 g/mol. The molecule has 8 nitrogen and oxygen atoms in total. The maximum absolute atomic E-state index is 9.10. The predicted octanol–water partition coefficient (Wildman–Crippen LogP) is 3.19. The molecule has 2 N–H and O–H groups in total. The van der Waals surface area contributed by atoms with Crippen LogP contribution in [-0.4, -0.2) is 69.3 Å². The summed E-state index contributed by atoms with van der Waals surface area (Å²) in [4.78, 5) is 23.3. The minimum atomic E-state index is 0.204. The number of thiazole rings is 1. The highest BCUT2D eigenvalue weighted by atomic mass is 32.1. The predicted molar refractivity (Wildman–Crippen MR) is 122 cm³/mol. The molecule has 0 unspecified atom stereocenters. The third kappa shape index (κ3) is 5.71. The number of piperazine rings is 1. The van der Waals surface area contributed by atoms with E-state index in [0.29, 0.717) is 0 Å². The first-order chi connectivity index (χ1) is 14.7. The molecule has 4 rings (SSSR count). The molecule has 0 radical (unpaired) electrons. The van der Waals surface area contributed by atoms with Gasteiger partial charge in [0.15, 0.2) is 5.13 Å². The van der Waals surface area contributed by atoms with E-state index in [9.17, 15) is 0 Å². The van der Waals surface area contributed by atoms with Crippen molar-refractivity contribution >= 4 is 28.1 Å². The van der Waals surface area contributed by atoms with Gasteiger partial charge in [0.2, 0.25) is 0 Å². The molecule has 1 aliphatic heterocycles. The van der Waals surface area contributed by atoms with E-state index in [-0.39, 0.29) is 6.61 Å². The molecule has 3 aromatic rings. The van der Waals surface area contributed by atoms with Crippen LogP contribution in [0, 0.1) is 6.92 Å². The van der Waals surface area contributed by atoms with E-state index in [1.54, 1.807) is 23.7 Å². The highest BCUT2D eigenvalue weighted by Crippen LogP contribution is 2.30. The molecule has 1 saturated heterocycles. The molecule has 1 fully saturated rings. The fourth-order valence-corrected chi connectivity index (χ4v) is 4.04. The van der Waals surface area contributed by atoms with E-state index >= 15 is 0 Å². The standard InChI is InChI=1S/C19H23N7OS.C2H6/c1-14-22-17(12-18(23-14)26-8-6-25(7-9-26)10-11-27)24-19-21-13-16(28-19)15-2-4-20-5-3-15;1-2/h2-5,12-13,27H,6-11H2,1H3,(H,21,22,23,24);1-2H3. The molecule has 0 saturated carbocycles. The number of rotatable bonds is 6. The zero-order chi connectivity index (χ0) is 21.3. The van der Waals surface area contributed by atoms with Gasteiger partial charge < -0.3 is 15.3 Å². The minimum Gasteiger partial charge on any atom is -0.395 e. The van der Waals surface area contributed by atoms with Crippen molar-refractivity contribution in [3.8, 4) is 10.4 Å². The number of aliphatic hydroxyl groups is 1. The second-order valence-electron chi connectivity index (χ2n) is 6.60. The number of nitrogens with one attached hydrogen (secondary N) is 1. The zero-order valence-electron chi connectivity index (χ0n) is 17.7. The Hall–Kier alpha value is -2.62. The number of hydrogen-bond acceptors (Lipinski definition) is 9. The van der Waals surface area contributed by atoms with Crippen molar-refractivity contribution in [3.05, 3.63) is 42.6 Å². The van der Waals surface area contributed by atoms with Crippen LogP contribution >= 0.6 is 11.3 Å². The quantitative estimate of drug-likeness (QED) is 0.620. The highest BCUT2D eigenvalue weighted by Gasteiger charge is 2.18. The number of aromatic nitrogens is 4. The molecule has 0 aliphatic carbocycles. The van der Waals surface area contributed by atoms with Crippen molar-refractivity contribution in [2.24, 2.45) is 0 Å². The van der Waals surface area contributed by atoms with E-state index in [1.165, 1.54) is 0 Å². The van der Waals surface area contributed by atoms with Gasteiger partial charge in [-0.25, -0.2) is 15.0 Å². The summed E-state index contributed by atoms with van der Waals surface area (Å²) < 4.78 is 0. The Morgan fingerprint density at radius 3 is 2.53 bits per heavy atom. The number of aliphatic hydroxyl groups excluding tert-OH is 1. The summed E-state index contributed by atoms with van der Waals surface area (Å²) in [6.45, 7) is 10.5. The van der Waals surface area contributed by atoms with Crippen molar-refractivity contribution in [3.63, 3.8) is 0 Å². The Kier molecular flexibility index (Phi) is 8.06. The van der Waals surface area contributed by atoms with Crippen LogP contribution in [0.3, 0.4) is 0 Å². The summed E-state index contributed by atoms with van der Waals surface area (Å²) in [6.07, 6.45) is 5.42. The highest BCUT2D eigenvalue weighted by molar-refractivity contribution is 7.18. The lowest BCUT2D eigenvalue weighted by molar-refractivity contribution is 0.188. The summed E-state index contributed by atoms with van der Waals surface area (Å²) in [6, 6.07) is 5.92. The molecule has 0 amide bonds. The second kappa shape index (κ2) is 11.0. The van der Waals surface area contributed by atoms with Gasteiger partial charge in [0.05, 0.1) is 11.5 Å². The first-order valence-corrected chi connectivity index (χ1v) is 11.1. The number of nitrogens with zero attached hydrogens (tertiary/aromatic N) is 6. The van der Waals surface area contributed by atoms with Gasteiger partial charge in [-0.05, 0) is 24.6 Å². The second-order valence-corrected chi connectivity index (χ2v) is 7.63. The van der Waals surface area contributed by atoms with Gasteiger partial charge in [-0.1, -0.05) is 25.2 Å². The van der Waals surface area contributed by atoms with Gasteiger partial charge >= 0.3 is 0 Å². The first-order valence-electron chi connectivity index (χ1n) is 10.3. The number of pyridine rings is 1. The van der Waals surface area contributed by atoms with Gasteiger partial charge in [0, 0.05) is 57.4 Å². The molecular weight excluding hydrogens is 398 g/mol. The number of aryl methyl sites for hydroxylation is 1. The maximum atomic E-state index is 9.10. The van der Waals surface area contributed by atoms with E-state index < -0.39 is 0 Å². The molecular formula is C21H29N7OS. The summed E-state index contributed by atoms with van der Waals surface area (Å²) in [7, 11) is 0. The first kappa shape index (κ1) is 22.1. The fourth-order valence-electron chi connectivity index (χ4n) is 3.21. The Morgan fingerprint density at radius 1 is 1.10 bits per heavy atom. The lowest BCUT2D eigenvalue weighted by Crippen LogP contribution is -2.47. The van der Waals surface area contributed by atoms with Gasteiger partial charge in [-0.3, -0.25) is 9.88 Å². The molecule has 1 aliphatic rings. The number of anilines is 3. The van der Waals surface area contributed by atoms with Crippen LogP contribution in [0.15, 0.2) is 36.8 Å². The van der Waals surface area contributed by atoms with Gasteiger partial charge in [-0.15, -0.1) is 0 Å². The van der Waals surface area contributed by atoms with Crippen molar-refractivity contribution in [1.29, 1.82) is 0 Å². The van der Waals surface area contributed by atoms with Crippen molar-refractivity contribution < 1.29 is 5.11 Å². The van der Waals surface area contributed by atoms with Crippen LogP contribution < -0.4 is 10.2 Å².